The molecule has 0 bridgehead atoms. The fourth-order valence-corrected chi connectivity index (χ4v) is 5.92. The molecule has 1 aliphatic rings. The van der Waals surface area contributed by atoms with Crippen molar-refractivity contribution in [1.82, 2.24) is 4.90 Å². The molecule has 208 valence electrons. The third kappa shape index (κ3) is 7.10. The molecule has 3 aromatic rings. The van der Waals surface area contributed by atoms with Gasteiger partial charge in [-0.1, -0.05) is 81.4 Å². The summed E-state index contributed by atoms with van der Waals surface area (Å²) in [7, 11) is 0. The Balaban J connectivity index is 1.73. The molecular weight excluding hydrogens is 499 g/mol. The van der Waals surface area contributed by atoms with E-state index in [1.807, 2.05) is 32.0 Å². The lowest BCUT2D eigenvalue weighted by Crippen LogP contribution is -2.37. The van der Waals surface area contributed by atoms with Crippen molar-refractivity contribution < 1.29 is 23.1 Å². The number of aliphatic carboxylic acids is 1. The van der Waals surface area contributed by atoms with E-state index >= 15 is 0 Å². The molecular formula is C33H38F3NO2. The predicted molar refractivity (Wildman–Crippen MR) is 150 cm³/mol. The van der Waals surface area contributed by atoms with E-state index in [0.717, 1.165) is 61.2 Å². The highest BCUT2D eigenvalue weighted by Gasteiger charge is 2.31. The molecule has 6 heteroatoms. The summed E-state index contributed by atoms with van der Waals surface area (Å²) in [5.74, 6) is -1.16. The molecule has 39 heavy (non-hydrogen) atoms. The largest absolute Gasteiger partial charge is 0.481 e. The quantitative estimate of drug-likeness (QED) is 0.296. The summed E-state index contributed by atoms with van der Waals surface area (Å²) in [6, 6.07) is 21.9. The lowest BCUT2D eigenvalue weighted by molar-refractivity contribution is -0.139. The Kier molecular flexibility index (Phi) is 9.16. The zero-order valence-corrected chi connectivity index (χ0v) is 22.9. The molecule has 0 amide bonds. The van der Waals surface area contributed by atoms with Gasteiger partial charge in [0.05, 0.1) is 11.5 Å². The molecule has 2 unspecified atom stereocenters. The van der Waals surface area contributed by atoms with Gasteiger partial charge in [0.15, 0.2) is 0 Å². The van der Waals surface area contributed by atoms with Gasteiger partial charge in [0, 0.05) is 12.6 Å². The topological polar surface area (TPSA) is 40.5 Å². The number of benzene rings is 3. The van der Waals surface area contributed by atoms with E-state index in [1.165, 1.54) is 17.7 Å². The van der Waals surface area contributed by atoms with Crippen molar-refractivity contribution in [3.05, 3.63) is 95.1 Å². The predicted octanol–water partition coefficient (Wildman–Crippen LogP) is 8.92. The van der Waals surface area contributed by atoms with Crippen molar-refractivity contribution in [2.45, 2.75) is 70.5 Å². The van der Waals surface area contributed by atoms with Crippen LogP contribution in [-0.4, -0.2) is 29.1 Å². The number of carboxylic acids is 1. The summed E-state index contributed by atoms with van der Waals surface area (Å²) >= 11 is 0. The first-order valence-corrected chi connectivity index (χ1v) is 13.9. The van der Waals surface area contributed by atoms with Crippen molar-refractivity contribution in [2.24, 2.45) is 5.92 Å². The Bertz CT molecular complexity index is 1240. The SMILES string of the molecule is CCC(c1ccccc1)N1CCCC(c2cc(-c3ccc(C(F)(F)F)cc3)cc([C@@H](CC(C)C)C(=O)O)c2)C1. The Morgan fingerprint density at radius 3 is 2.26 bits per heavy atom. The summed E-state index contributed by atoms with van der Waals surface area (Å²) < 4.78 is 39.6. The Hall–Kier alpha value is -3.12. The fraction of sp³-hybridized carbons (Fsp3) is 0.424. The molecule has 1 heterocycles. The fourth-order valence-electron chi connectivity index (χ4n) is 5.92. The highest BCUT2D eigenvalue weighted by molar-refractivity contribution is 5.78. The number of likely N-dealkylation sites (tertiary alicyclic amines) is 1. The van der Waals surface area contributed by atoms with E-state index in [-0.39, 0.29) is 11.8 Å². The van der Waals surface area contributed by atoms with Gasteiger partial charge in [0.1, 0.15) is 0 Å². The maximum absolute atomic E-state index is 13.2. The minimum atomic E-state index is -4.41. The minimum Gasteiger partial charge on any atom is -0.481 e. The van der Waals surface area contributed by atoms with Crippen LogP contribution < -0.4 is 0 Å². The van der Waals surface area contributed by atoms with Gasteiger partial charge >= 0.3 is 12.1 Å². The molecule has 0 aromatic heterocycles. The molecule has 0 saturated carbocycles. The van der Waals surface area contributed by atoms with E-state index in [0.29, 0.717) is 18.0 Å². The van der Waals surface area contributed by atoms with Crippen molar-refractivity contribution in [2.75, 3.05) is 13.1 Å². The normalized spacial score (nSPS) is 18.2. The summed E-state index contributed by atoms with van der Waals surface area (Å²) in [5.41, 5.74) is 3.80. The van der Waals surface area contributed by atoms with Gasteiger partial charge in [0.25, 0.3) is 0 Å². The number of piperidine rings is 1. The number of hydrogen-bond donors (Lipinski definition) is 1. The van der Waals surface area contributed by atoms with Crippen LogP contribution in [0.3, 0.4) is 0 Å². The monoisotopic (exact) mass is 537 g/mol. The van der Waals surface area contributed by atoms with Crippen LogP contribution in [-0.2, 0) is 11.0 Å². The summed E-state index contributed by atoms with van der Waals surface area (Å²) in [6.07, 6.45) is -0.907. The minimum absolute atomic E-state index is 0.186. The molecule has 3 nitrogen and oxygen atoms in total. The van der Waals surface area contributed by atoms with Crippen molar-refractivity contribution in [1.29, 1.82) is 0 Å². The van der Waals surface area contributed by atoms with Gasteiger partial charge in [-0.25, -0.2) is 0 Å². The maximum Gasteiger partial charge on any atom is 0.416 e. The second-order valence-electron chi connectivity index (χ2n) is 11.2. The second kappa shape index (κ2) is 12.4. The van der Waals surface area contributed by atoms with Crippen molar-refractivity contribution in [3.8, 4) is 11.1 Å². The van der Waals surface area contributed by atoms with Crippen molar-refractivity contribution in [3.63, 3.8) is 0 Å². The van der Waals surface area contributed by atoms with E-state index in [4.69, 9.17) is 0 Å². The molecule has 0 spiro atoms. The van der Waals surface area contributed by atoms with Crippen LogP contribution in [0.5, 0.6) is 0 Å². The van der Waals surface area contributed by atoms with Crippen LogP contribution in [0.25, 0.3) is 11.1 Å². The van der Waals surface area contributed by atoms with E-state index in [1.54, 1.807) is 0 Å². The Morgan fingerprint density at radius 1 is 0.974 bits per heavy atom. The van der Waals surface area contributed by atoms with Gasteiger partial charge in [-0.15, -0.1) is 0 Å². The summed E-state index contributed by atoms with van der Waals surface area (Å²) in [5, 5.41) is 10.1. The number of carbonyl (C=O) groups is 1. The number of halogens is 3. The molecule has 1 N–H and O–H groups in total. The Morgan fingerprint density at radius 2 is 1.67 bits per heavy atom. The molecule has 0 aliphatic carbocycles. The first-order chi connectivity index (χ1) is 18.6. The van der Waals surface area contributed by atoms with Gasteiger partial charge in [-0.05, 0) is 84.0 Å². The van der Waals surface area contributed by atoms with Crippen LogP contribution in [0, 0.1) is 5.92 Å². The average molecular weight is 538 g/mol. The summed E-state index contributed by atoms with van der Waals surface area (Å²) in [6.45, 7) is 8.06. The van der Waals surface area contributed by atoms with Crippen LogP contribution in [0.2, 0.25) is 0 Å². The first kappa shape index (κ1) is 28.9. The third-order valence-electron chi connectivity index (χ3n) is 7.87. The smallest absolute Gasteiger partial charge is 0.416 e. The molecule has 1 saturated heterocycles. The number of rotatable bonds is 9. The Labute approximate surface area is 229 Å². The molecule has 4 rings (SSSR count). The van der Waals surface area contributed by atoms with Gasteiger partial charge in [0.2, 0.25) is 0 Å². The lowest BCUT2D eigenvalue weighted by Gasteiger charge is -2.39. The maximum atomic E-state index is 13.2. The summed E-state index contributed by atoms with van der Waals surface area (Å²) in [4.78, 5) is 14.9. The third-order valence-corrected chi connectivity index (χ3v) is 7.87. The number of hydrogen-bond acceptors (Lipinski definition) is 2. The van der Waals surface area contributed by atoms with Crippen LogP contribution >= 0.6 is 0 Å². The van der Waals surface area contributed by atoms with Gasteiger partial charge in [-0.3, -0.25) is 9.69 Å². The molecule has 1 aliphatic heterocycles. The highest BCUT2D eigenvalue weighted by Crippen LogP contribution is 2.38. The number of alkyl halides is 3. The zero-order valence-electron chi connectivity index (χ0n) is 22.9. The zero-order chi connectivity index (χ0) is 28.2. The van der Waals surface area contributed by atoms with Crippen LogP contribution in [0.15, 0.2) is 72.8 Å². The van der Waals surface area contributed by atoms with Crippen molar-refractivity contribution >= 4 is 5.97 Å². The number of carboxylic acid groups (broad SMARTS) is 1. The van der Waals surface area contributed by atoms with Gasteiger partial charge < -0.3 is 5.11 Å². The molecule has 0 radical (unpaired) electrons. The van der Waals surface area contributed by atoms with E-state index in [2.05, 4.69) is 42.2 Å². The van der Waals surface area contributed by atoms with Crippen LogP contribution in [0.4, 0.5) is 13.2 Å². The lowest BCUT2D eigenvalue weighted by atomic mass is 9.82. The molecule has 1 fully saturated rings. The van der Waals surface area contributed by atoms with Gasteiger partial charge in [-0.2, -0.15) is 13.2 Å². The highest BCUT2D eigenvalue weighted by atomic mass is 19.4. The number of nitrogens with zero attached hydrogens (tertiary/aromatic N) is 1. The van der Waals surface area contributed by atoms with Crippen LogP contribution in [0.1, 0.15) is 86.6 Å². The first-order valence-electron chi connectivity index (χ1n) is 13.9. The van der Waals surface area contributed by atoms with E-state index < -0.39 is 23.6 Å². The molecule has 3 aromatic carbocycles. The molecule has 3 atom stereocenters. The second-order valence-corrected chi connectivity index (χ2v) is 11.2. The average Bonchev–Trinajstić information content (AvgIpc) is 2.92. The standard InChI is InChI=1S/C33H38F3NO2/c1-4-31(24-9-6-5-7-10-24)37-16-8-11-25(21-37)27-18-26(23-12-14-29(15-13-23)33(34,35)36)19-28(20-27)30(32(38)39)17-22(2)3/h5-7,9-10,12-15,18-20,22,25,30-31H,4,8,11,16-17,21H2,1-3H3,(H,38,39)/t25?,30-,31?/m1/s1. The van der Waals surface area contributed by atoms with E-state index in [9.17, 15) is 23.1 Å².